The highest BCUT2D eigenvalue weighted by Gasteiger charge is 2.21. The van der Waals surface area contributed by atoms with Gasteiger partial charge in [-0.2, -0.15) is 0 Å². The van der Waals surface area contributed by atoms with Crippen molar-refractivity contribution in [2.45, 2.75) is 6.04 Å². The maximum absolute atomic E-state index is 12.0. The van der Waals surface area contributed by atoms with Gasteiger partial charge in [-0.3, -0.25) is 0 Å². The van der Waals surface area contributed by atoms with E-state index in [2.05, 4.69) is 21.2 Å². The van der Waals surface area contributed by atoms with Gasteiger partial charge >= 0.3 is 5.97 Å². The molecule has 0 fully saturated rings. The molecular weight excluding hydrogens is 334 g/mol. The second-order valence-corrected chi connectivity index (χ2v) is 5.30. The molecule has 0 radical (unpaired) electrons. The van der Waals surface area contributed by atoms with Crippen molar-refractivity contribution in [2.24, 2.45) is 0 Å². The Kier molecular flexibility index (Phi) is 5.22. The summed E-state index contributed by atoms with van der Waals surface area (Å²) in [4.78, 5) is 12.0. The minimum absolute atomic E-state index is 0.344. The number of esters is 1. The average Bonchev–Trinajstić information content (AvgIpc) is 2.54. The number of halogens is 1. The fraction of sp³-hybridized carbons (Fsp3) is 0.188. The molecule has 4 nitrogen and oxygen atoms in total. The first kappa shape index (κ1) is 15.4. The molecule has 0 saturated carbocycles. The Bertz CT molecular complexity index is 596. The Morgan fingerprint density at radius 1 is 1.05 bits per heavy atom. The van der Waals surface area contributed by atoms with Crippen molar-refractivity contribution in [1.82, 2.24) is 0 Å². The van der Waals surface area contributed by atoms with Crippen molar-refractivity contribution in [3.8, 4) is 5.75 Å². The van der Waals surface area contributed by atoms with Crippen LogP contribution in [0.4, 0.5) is 5.69 Å². The molecule has 1 N–H and O–H groups in total. The van der Waals surface area contributed by atoms with Gasteiger partial charge in [-0.1, -0.05) is 28.1 Å². The molecule has 1 atom stereocenters. The van der Waals surface area contributed by atoms with Crippen molar-refractivity contribution < 1.29 is 14.3 Å². The maximum Gasteiger partial charge on any atom is 0.332 e. The van der Waals surface area contributed by atoms with Crippen LogP contribution in [0, 0.1) is 0 Å². The van der Waals surface area contributed by atoms with E-state index in [9.17, 15) is 4.79 Å². The standard InChI is InChI=1S/C16H16BrNO3/c1-20-14-9-3-11(4-10-14)15(16(19)21-2)18-13-7-5-12(17)6-8-13/h3-10,15,18H,1-2H3. The summed E-state index contributed by atoms with van der Waals surface area (Å²) < 4.78 is 11.0. The van der Waals surface area contributed by atoms with E-state index in [1.165, 1.54) is 7.11 Å². The first-order valence-electron chi connectivity index (χ1n) is 6.38. The number of benzene rings is 2. The number of methoxy groups -OCH3 is 2. The second kappa shape index (κ2) is 7.13. The number of hydrogen-bond acceptors (Lipinski definition) is 4. The predicted octanol–water partition coefficient (Wildman–Crippen LogP) is 3.78. The number of carbonyl (C=O) groups is 1. The summed E-state index contributed by atoms with van der Waals surface area (Å²) >= 11 is 3.38. The van der Waals surface area contributed by atoms with Gasteiger partial charge in [0.05, 0.1) is 14.2 Å². The summed E-state index contributed by atoms with van der Waals surface area (Å²) in [5, 5.41) is 3.17. The fourth-order valence-electron chi connectivity index (χ4n) is 1.91. The van der Waals surface area contributed by atoms with E-state index in [-0.39, 0.29) is 5.97 Å². The first-order chi connectivity index (χ1) is 10.1. The average molecular weight is 350 g/mol. The van der Waals surface area contributed by atoms with Gasteiger partial charge in [0.15, 0.2) is 6.04 Å². The summed E-state index contributed by atoms with van der Waals surface area (Å²) in [6.45, 7) is 0. The van der Waals surface area contributed by atoms with Crippen molar-refractivity contribution >= 4 is 27.6 Å². The molecule has 0 aliphatic rings. The predicted molar refractivity (Wildman–Crippen MR) is 85.5 cm³/mol. The molecule has 0 bridgehead atoms. The molecule has 2 aromatic rings. The molecule has 5 heteroatoms. The van der Waals surface area contributed by atoms with Crippen LogP contribution >= 0.6 is 15.9 Å². The highest BCUT2D eigenvalue weighted by Crippen LogP contribution is 2.24. The van der Waals surface area contributed by atoms with E-state index in [0.717, 1.165) is 21.5 Å². The normalized spacial score (nSPS) is 11.6. The third-order valence-corrected chi connectivity index (χ3v) is 3.57. The number of carbonyl (C=O) groups excluding carboxylic acids is 1. The van der Waals surface area contributed by atoms with E-state index in [0.29, 0.717) is 0 Å². The SMILES string of the molecule is COC(=O)C(Nc1ccc(Br)cc1)c1ccc(OC)cc1. The molecule has 0 aromatic heterocycles. The molecule has 110 valence electrons. The van der Waals surface area contributed by atoms with Gasteiger partial charge in [-0.05, 0) is 42.0 Å². The Labute approximate surface area is 132 Å². The number of anilines is 1. The summed E-state index contributed by atoms with van der Waals surface area (Å²) in [7, 11) is 2.98. The van der Waals surface area contributed by atoms with Crippen LogP contribution in [0.25, 0.3) is 0 Å². The monoisotopic (exact) mass is 349 g/mol. The molecular formula is C16H16BrNO3. The van der Waals surface area contributed by atoms with Crippen molar-refractivity contribution in [3.05, 3.63) is 58.6 Å². The third-order valence-electron chi connectivity index (χ3n) is 3.04. The summed E-state index contributed by atoms with van der Waals surface area (Å²) in [5.74, 6) is 0.397. The molecule has 2 aromatic carbocycles. The number of rotatable bonds is 5. The zero-order valence-corrected chi connectivity index (χ0v) is 13.4. The lowest BCUT2D eigenvalue weighted by Crippen LogP contribution is -2.22. The van der Waals surface area contributed by atoms with E-state index in [4.69, 9.17) is 9.47 Å². The molecule has 1 unspecified atom stereocenters. The minimum atomic E-state index is -0.568. The van der Waals surface area contributed by atoms with Crippen LogP contribution in [-0.4, -0.2) is 20.2 Å². The van der Waals surface area contributed by atoms with Crippen LogP contribution in [0.3, 0.4) is 0 Å². The largest absolute Gasteiger partial charge is 0.497 e. The van der Waals surface area contributed by atoms with Crippen LogP contribution in [0.5, 0.6) is 5.75 Å². The van der Waals surface area contributed by atoms with Gasteiger partial charge in [-0.25, -0.2) is 4.79 Å². The van der Waals surface area contributed by atoms with Crippen molar-refractivity contribution in [2.75, 3.05) is 19.5 Å². The second-order valence-electron chi connectivity index (χ2n) is 4.38. The van der Waals surface area contributed by atoms with Crippen molar-refractivity contribution in [3.63, 3.8) is 0 Å². The Hall–Kier alpha value is -2.01. The van der Waals surface area contributed by atoms with E-state index < -0.39 is 6.04 Å². The lowest BCUT2D eigenvalue weighted by Gasteiger charge is -2.18. The summed E-state index contributed by atoms with van der Waals surface area (Å²) in [6, 6.07) is 14.3. The highest BCUT2D eigenvalue weighted by molar-refractivity contribution is 9.10. The summed E-state index contributed by atoms with van der Waals surface area (Å²) in [6.07, 6.45) is 0. The van der Waals surface area contributed by atoms with Gasteiger partial charge in [-0.15, -0.1) is 0 Å². The van der Waals surface area contributed by atoms with E-state index in [1.54, 1.807) is 7.11 Å². The number of nitrogens with one attached hydrogen (secondary N) is 1. The quantitative estimate of drug-likeness (QED) is 0.834. The minimum Gasteiger partial charge on any atom is -0.497 e. The van der Waals surface area contributed by atoms with Gasteiger partial charge < -0.3 is 14.8 Å². The number of hydrogen-bond donors (Lipinski definition) is 1. The molecule has 0 aliphatic heterocycles. The van der Waals surface area contributed by atoms with Crippen LogP contribution < -0.4 is 10.1 Å². The van der Waals surface area contributed by atoms with Crippen LogP contribution in [0.15, 0.2) is 53.0 Å². The van der Waals surface area contributed by atoms with Gasteiger partial charge in [0.2, 0.25) is 0 Å². The topological polar surface area (TPSA) is 47.6 Å². The highest BCUT2D eigenvalue weighted by atomic mass is 79.9. The molecule has 0 spiro atoms. The Morgan fingerprint density at radius 2 is 1.67 bits per heavy atom. The van der Waals surface area contributed by atoms with Crippen molar-refractivity contribution in [1.29, 1.82) is 0 Å². The van der Waals surface area contributed by atoms with Crippen LogP contribution in [-0.2, 0) is 9.53 Å². The van der Waals surface area contributed by atoms with Crippen LogP contribution in [0.1, 0.15) is 11.6 Å². The molecule has 21 heavy (non-hydrogen) atoms. The Morgan fingerprint density at radius 3 is 2.19 bits per heavy atom. The molecule has 0 aliphatic carbocycles. The zero-order chi connectivity index (χ0) is 15.2. The lowest BCUT2D eigenvalue weighted by molar-refractivity contribution is -0.141. The van der Waals surface area contributed by atoms with Gasteiger partial charge in [0.1, 0.15) is 5.75 Å². The summed E-state index contributed by atoms with van der Waals surface area (Å²) in [5.41, 5.74) is 1.65. The van der Waals surface area contributed by atoms with Crippen LogP contribution in [0.2, 0.25) is 0 Å². The van der Waals surface area contributed by atoms with E-state index >= 15 is 0 Å². The smallest absolute Gasteiger partial charge is 0.332 e. The molecule has 0 heterocycles. The zero-order valence-electron chi connectivity index (χ0n) is 11.8. The number of ether oxygens (including phenoxy) is 2. The lowest BCUT2D eigenvalue weighted by atomic mass is 10.1. The fourth-order valence-corrected chi connectivity index (χ4v) is 2.17. The van der Waals surface area contributed by atoms with Gasteiger partial charge in [0, 0.05) is 10.2 Å². The Balaban J connectivity index is 2.25. The third kappa shape index (κ3) is 3.98. The first-order valence-corrected chi connectivity index (χ1v) is 7.17. The molecule has 0 saturated heterocycles. The molecule has 2 rings (SSSR count). The molecule has 0 amide bonds. The maximum atomic E-state index is 12.0. The van der Waals surface area contributed by atoms with E-state index in [1.807, 2.05) is 48.5 Å². The van der Waals surface area contributed by atoms with Gasteiger partial charge in [0.25, 0.3) is 0 Å².